The first-order valence-corrected chi connectivity index (χ1v) is 6.28. The molecular formula is C15H17N3O. The Labute approximate surface area is 113 Å². The minimum absolute atomic E-state index is 0.314. The number of nitriles is 1. The molecule has 0 bridgehead atoms. The van der Waals surface area contributed by atoms with Gasteiger partial charge in [-0.3, -0.25) is 0 Å². The molecule has 0 saturated carbocycles. The van der Waals surface area contributed by atoms with Crippen LogP contribution in [0, 0.1) is 25.2 Å². The van der Waals surface area contributed by atoms with Crippen LogP contribution in [0.5, 0.6) is 0 Å². The SMILES string of the molecule is Cc1nc(C#N)c(NCC(C)c2ccccc2C)o1. The zero-order valence-corrected chi connectivity index (χ0v) is 11.4. The van der Waals surface area contributed by atoms with Crippen LogP contribution in [-0.4, -0.2) is 11.5 Å². The van der Waals surface area contributed by atoms with Crippen molar-refractivity contribution in [2.24, 2.45) is 0 Å². The summed E-state index contributed by atoms with van der Waals surface area (Å²) in [5.41, 5.74) is 2.88. The lowest BCUT2D eigenvalue weighted by Crippen LogP contribution is -2.11. The van der Waals surface area contributed by atoms with Gasteiger partial charge in [-0.05, 0) is 24.0 Å². The fourth-order valence-electron chi connectivity index (χ4n) is 2.12. The average molecular weight is 255 g/mol. The van der Waals surface area contributed by atoms with E-state index in [9.17, 15) is 0 Å². The molecule has 0 fully saturated rings. The summed E-state index contributed by atoms with van der Waals surface area (Å²) in [6, 6.07) is 10.3. The van der Waals surface area contributed by atoms with Gasteiger partial charge in [0, 0.05) is 13.5 Å². The minimum Gasteiger partial charge on any atom is -0.424 e. The van der Waals surface area contributed by atoms with E-state index in [0.29, 0.717) is 29.9 Å². The summed E-state index contributed by atoms with van der Waals surface area (Å²) in [4.78, 5) is 4.01. The number of rotatable bonds is 4. The van der Waals surface area contributed by atoms with Gasteiger partial charge < -0.3 is 9.73 Å². The monoisotopic (exact) mass is 255 g/mol. The highest BCUT2D eigenvalue weighted by Gasteiger charge is 2.13. The molecule has 1 N–H and O–H groups in total. The van der Waals surface area contributed by atoms with Crippen LogP contribution < -0.4 is 5.32 Å². The molecule has 4 nitrogen and oxygen atoms in total. The number of anilines is 1. The van der Waals surface area contributed by atoms with Gasteiger partial charge >= 0.3 is 0 Å². The molecule has 0 aliphatic rings. The van der Waals surface area contributed by atoms with Crippen molar-refractivity contribution in [2.75, 3.05) is 11.9 Å². The van der Waals surface area contributed by atoms with Crippen molar-refractivity contribution in [2.45, 2.75) is 26.7 Å². The summed E-state index contributed by atoms with van der Waals surface area (Å²) in [5.74, 6) is 1.29. The van der Waals surface area contributed by atoms with Crippen LogP contribution >= 0.6 is 0 Å². The third-order valence-corrected chi connectivity index (χ3v) is 3.13. The Hall–Kier alpha value is -2.28. The Morgan fingerprint density at radius 3 is 2.79 bits per heavy atom. The first kappa shape index (κ1) is 13.2. The molecule has 0 saturated heterocycles. The van der Waals surface area contributed by atoms with E-state index in [-0.39, 0.29) is 0 Å². The van der Waals surface area contributed by atoms with Gasteiger partial charge in [0.15, 0.2) is 5.89 Å². The lowest BCUT2D eigenvalue weighted by Gasteiger charge is -2.14. The predicted molar refractivity (Wildman–Crippen MR) is 74.0 cm³/mol. The highest BCUT2D eigenvalue weighted by atomic mass is 16.4. The summed E-state index contributed by atoms with van der Waals surface area (Å²) in [6.45, 7) is 6.68. The zero-order valence-electron chi connectivity index (χ0n) is 11.4. The average Bonchev–Trinajstić information content (AvgIpc) is 2.77. The largest absolute Gasteiger partial charge is 0.424 e. The van der Waals surface area contributed by atoms with Crippen molar-refractivity contribution in [3.63, 3.8) is 0 Å². The van der Waals surface area contributed by atoms with Crippen molar-refractivity contribution < 1.29 is 4.42 Å². The molecule has 1 aromatic carbocycles. The molecule has 1 atom stereocenters. The van der Waals surface area contributed by atoms with Crippen molar-refractivity contribution in [1.82, 2.24) is 4.98 Å². The van der Waals surface area contributed by atoms with Gasteiger partial charge in [0.1, 0.15) is 6.07 Å². The maximum absolute atomic E-state index is 8.95. The van der Waals surface area contributed by atoms with Gasteiger partial charge in [-0.25, -0.2) is 4.98 Å². The second kappa shape index (κ2) is 5.57. The van der Waals surface area contributed by atoms with Crippen LogP contribution in [-0.2, 0) is 0 Å². The number of nitrogens with zero attached hydrogens (tertiary/aromatic N) is 2. The maximum atomic E-state index is 8.95. The van der Waals surface area contributed by atoms with E-state index in [4.69, 9.17) is 9.68 Å². The molecule has 0 aliphatic heterocycles. The standard InChI is InChI=1S/C15H17N3O/c1-10-6-4-5-7-13(10)11(2)9-17-15-14(8-16)18-12(3)19-15/h4-7,11,17H,9H2,1-3H3. The Bertz CT molecular complexity index is 610. The quantitative estimate of drug-likeness (QED) is 0.909. The summed E-state index contributed by atoms with van der Waals surface area (Å²) < 4.78 is 5.38. The molecule has 4 heteroatoms. The Morgan fingerprint density at radius 1 is 1.37 bits per heavy atom. The van der Waals surface area contributed by atoms with Gasteiger partial charge in [0.25, 0.3) is 0 Å². The molecule has 1 heterocycles. The van der Waals surface area contributed by atoms with E-state index >= 15 is 0 Å². The molecule has 0 amide bonds. The van der Waals surface area contributed by atoms with E-state index in [2.05, 4.69) is 36.3 Å². The number of hydrogen-bond donors (Lipinski definition) is 1. The first-order chi connectivity index (χ1) is 9.11. The topological polar surface area (TPSA) is 61.9 Å². The lowest BCUT2D eigenvalue weighted by molar-refractivity contribution is 0.530. The second-order valence-electron chi connectivity index (χ2n) is 4.66. The molecule has 1 unspecified atom stereocenters. The summed E-state index contributed by atoms with van der Waals surface area (Å²) in [5, 5.41) is 12.1. The van der Waals surface area contributed by atoms with Gasteiger partial charge in [0.2, 0.25) is 11.6 Å². The third-order valence-electron chi connectivity index (χ3n) is 3.13. The summed E-state index contributed by atoms with van der Waals surface area (Å²) in [6.07, 6.45) is 0. The van der Waals surface area contributed by atoms with Crippen molar-refractivity contribution in [3.8, 4) is 6.07 Å². The predicted octanol–water partition coefficient (Wildman–Crippen LogP) is 3.38. The Morgan fingerprint density at radius 2 is 2.11 bits per heavy atom. The van der Waals surface area contributed by atoms with Gasteiger partial charge in [-0.15, -0.1) is 0 Å². The molecule has 0 aliphatic carbocycles. The smallest absolute Gasteiger partial charge is 0.232 e. The van der Waals surface area contributed by atoms with Crippen LogP contribution in [0.25, 0.3) is 0 Å². The Kier molecular flexibility index (Phi) is 3.86. The van der Waals surface area contributed by atoms with Gasteiger partial charge in [-0.1, -0.05) is 31.2 Å². The number of nitrogens with one attached hydrogen (secondary N) is 1. The zero-order chi connectivity index (χ0) is 13.8. The van der Waals surface area contributed by atoms with Gasteiger partial charge in [0.05, 0.1) is 0 Å². The lowest BCUT2D eigenvalue weighted by atomic mass is 9.96. The van der Waals surface area contributed by atoms with E-state index in [1.165, 1.54) is 11.1 Å². The van der Waals surface area contributed by atoms with Crippen LogP contribution in [0.3, 0.4) is 0 Å². The second-order valence-corrected chi connectivity index (χ2v) is 4.66. The molecule has 0 spiro atoms. The molecular weight excluding hydrogens is 238 g/mol. The normalized spacial score (nSPS) is 11.9. The van der Waals surface area contributed by atoms with E-state index in [1.807, 2.05) is 18.2 Å². The van der Waals surface area contributed by atoms with E-state index in [0.717, 1.165) is 0 Å². The Balaban J connectivity index is 2.07. The molecule has 1 aromatic heterocycles. The fourth-order valence-corrected chi connectivity index (χ4v) is 2.12. The highest BCUT2D eigenvalue weighted by molar-refractivity contribution is 5.45. The number of aromatic nitrogens is 1. The molecule has 2 aromatic rings. The maximum Gasteiger partial charge on any atom is 0.232 e. The summed E-state index contributed by atoms with van der Waals surface area (Å²) >= 11 is 0. The van der Waals surface area contributed by atoms with E-state index in [1.54, 1.807) is 6.92 Å². The number of benzene rings is 1. The minimum atomic E-state index is 0.314. The van der Waals surface area contributed by atoms with Gasteiger partial charge in [-0.2, -0.15) is 5.26 Å². The van der Waals surface area contributed by atoms with E-state index < -0.39 is 0 Å². The molecule has 98 valence electrons. The molecule has 0 radical (unpaired) electrons. The van der Waals surface area contributed by atoms with Crippen LogP contribution in [0.15, 0.2) is 28.7 Å². The van der Waals surface area contributed by atoms with Crippen molar-refractivity contribution in [1.29, 1.82) is 5.26 Å². The van der Waals surface area contributed by atoms with Crippen molar-refractivity contribution in [3.05, 3.63) is 47.0 Å². The number of hydrogen-bond acceptors (Lipinski definition) is 4. The fraction of sp³-hybridized carbons (Fsp3) is 0.333. The number of oxazole rings is 1. The highest BCUT2D eigenvalue weighted by Crippen LogP contribution is 2.21. The van der Waals surface area contributed by atoms with Crippen molar-refractivity contribution >= 4 is 5.88 Å². The molecule has 2 rings (SSSR count). The summed E-state index contributed by atoms with van der Waals surface area (Å²) in [7, 11) is 0. The van der Waals surface area contributed by atoms with Crippen LogP contribution in [0.4, 0.5) is 5.88 Å². The van der Waals surface area contributed by atoms with Crippen LogP contribution in [0.2, 0.25) is 0 Å². The first-order valence-electron chi connectivity index (χ1n) is 6.28. The third kappa shape index (κ3) is 2.94. The van der Waals surface area contributed by atoms with Crippen LogP contribution in [0.1, 0.15) is 35.6 Å². The molecule has 19 heavy (non-hydrogen) atoms. The number of aryl methyl sites for hydroxylation is 2.